The molecule has 1 amide bonds. The van der Waals surface area contributed by atoms with E-state index in [0.29, 0.717) is 5.56 Å². The van der Waals surface area contributed by atoms with E-state index in [0.717, 1.165) is 5.56 Å². The largest absolute Gasteiger partial charge is 0.484 e. The maximum Gasteiger partial charge on any atom is 0.413 e. The third-order valence-electron chi connectivity index (χ3n) is 3.43. The van der Waals surface area contributed by atoms with Crippen molar-refractivity contribution in [1.82, 2.24) is 4.98 Å². The van der Waals surface area contributed by atoms with E-state index in [2.05, 4.69) is 16.9 Å². The third-order valence-corrected chi connectivity index (χ3v) is 3.43. The number of hydrogen-bond acceptors (Lipinski definition) is 4. The van der Waals surface area contributed by atoms with E-state index < -0.39 is 17.6 Å². The summed E-state index contributed by atoms with van der Waals surface area (Å²) >= 11 is 0. The van der Waals surface area contributed by atoms with Crippen molar-refractivity contribution in [2.45, 2.75) is 39.9 Å². The Labute approximate surface area is 152 Å². The van der Waals surface area contributed by atoms with E-state index >= 15 is 0 Å². The zero-order chi connectivity index (χ0) is 19.3. The normalized spacial score (nSPS) is 11.0. The predicted molar refractivity (Wildman–Crippen MR) is 99.7 cm³/mol. The van der Waals surface area contributed by atoms with Crippen molar-refractivity contribution in [1.29, 1.82) is 0 Å². The molecule has 138 valence electrons. The van der Waals surface area contributed by atoms with Crippen LogP contribution < -0.4 is 10.1 Å². The van der Waals surface area contributed by atoms with E-state index in [1.54, 1.807) is 27.7 Å². The summed E-state index contributed by atoms with van der Waals surface area (Å²) in [5.74, 6) is -0.514. The molecule has 0 fully saturated rings. The number of nitrogens with zero attached hydrogens (tertiary/aromatic N) is 1. The molecule has 1 N–H and O–H groups in total. The molecule has 0 atom stereocenters. The van der Waals surface area contributed by atoms with Crippen LogP contribution in [0.2, 0.25) is 0 Å². The number of halogens is 1. The number of benzene rings is 1. The highest BCUT2D eigenvalue weighted by molar-refractivity contribution is 5.87. The summed E-state index contributed by atoms with van der Waals surface area (Å²) in [4.78, 5) is 15.9. The number of carbonyl (C=O) groups is 1. The van der Waals surface area contributed by atoms with Crippen molar-refractivity contribution in [3.05, 3.63) is 59.5 Å². The molecule has 6 heteroatoms. The first-order valence-electron chi connectivity index (χ1n) is 8.20. The van der Waals surface area contributed by atoms with Crippen LogP contribution in [-0.2, 0) is 11.3 Å². The average molecular weight is 358 g/mol. The summed E-state index contributed by atoms with van der Waals surface area (Å²) in [6, 6.07) is 9.48. The number of nitrogens with one attached hydrogen (secondary N) is 1. The number of aromatic nitrogens is 1. The van der Waals surface area contributed by atoms with Gasteiger partial charge in [0.15, 0.2) is 11.6 Å². The SMILES string of the molecule is C=Cc1c(C)c(F)nc(NC(=O)OC(C)(C)C)c1OCc1ccccc1. The second-order valence-corrected chi connectivity index (χ2v) is 6.72. The highest BCUT2D eigenvalue weighted by atomic mass is 19.1. The van der Waals surface area contributed by atoms with Crippen molar-refractivity contribution >= 4 is 18.0 Å². The number of ether oxygens (including phenoxy) is 2. The number of pyridine rings is 1. The van der Waals surface area contributed by atoms with E-state index in [-0.39, 0.29) is 23.7 Å². The van der Waals surface area contributed by atoms with Crippen LogP contribution in [0, 0.1) is 12.9 Å². The van der Waals surface area contributed by atoms with Crippen LogP contribution in [0.3, 0.4) is 0 Å². The number of rotatable bonds is 5. The molecule has 0 saturated heterocycles. The lowest BCUT2D eigenvalue weighted by atomic mass is 10.1. The number of anilines is 1. The third kappa shape index (κ3) is 5.05. The first-order valence-corrected chi connectivity index (χ1v) is 8.20. The molecule has 5 nitrogen and oxygen atoms in total. The lowest BCUT2D eigenvalue weighted by Gasteiger charge is -2.21. The fourth-order valence-electron chi connectivity index (χ4n) is 2.25. The Bertz CT molecular complexity index is 799. The topological polar surface area (TPSA) is 60.5 Å². The monoisotopic (exact) mass is 358 g/mol. The molecule has 0 bridgehead atoms. The van der Waals surface area contributed by atoms with Gasteiger partial charge in [0.25, 0.3) is 0 Å². The second-order valence-electron chi connectivity index (χ2n) is 6.72. The van der Waals surface area contributed by atoms with Gasteiger partial charge in [-0.3, -0.25) is 5.32 Å². The summed E-state index contributed by atoms with van der Waals surface area (Å²) in [6.45, 7) is 10.7. The summed E-state index contributed by atoms with van der Waals surface area (Å²) in [6.07, 6.45) is 0.730. The molecule has 1 aromatic carbocycles. The molecule has 1 heterocycles. The van der Waals surface area contributed by atoms with Gasteiger partial charge in [0.05, 0.1) is 0 Å². The van der Waals surface area contributed by atoms with Gasteiger partial charge in [0, 0.05) is 11.1 Å². The van der Waals surface area contributed by atoms with Gasteiger partial charge in [0.2, 0.25) is 5.95 Å². The summed E-state index contributed by atoms with van der Waals surface area (Å²) in [5.41, 5.74) is 0.949. The van der Waals surface area contributed by atoms with Gasteiger partial charge in [-0.15, -0.1) is 0 Å². The van der Waals surface area contributed by atoms with Crippen LogP contribution >= 0.6 is 0 Å². The van der Waals surface area contributed by atoms with Crippen molar-refractivity contribution in [3.63, 3.8) is 0 Å². The van der Waals surface area contributed by atoms with Gasteiger partial charge in [-0.25, -0.2) is 4.79 Å². The van der Waals surface area contributed by atoms with Gasteiger partial charge in [-0.2, -0.15) is 9.37 Å². The van der Waals surface area contributed by atoms with Gasteiger partial charge in [-0.1, -0.05) is 43.0 Å². The van der Waals surface area contributed by atoms with Gasteiger partial charge in [-0.05, 0) is 33.3 Å². The van der Waals surface area contributed by atoms with Crippen molar-refractivity contribution < 1.29 is 18.7 Å². The van der Waals surface area contributed by atoms with Gasteiger partial charge < -0.3 is 9.47 Å². The van der Waals surface area contributed by atoms with Crippen molar-refractivity contribution in [2.24, 2.45) is 0 Å². The fourth-order valence-corrected chi connectivity index (χ4v) is 2.25. The molecule has 0 aliphatic heterocycles. The summed E-state index contributed by atoms with van der Waals surface area (Å²) in [5, 5.41) is 2.46. The molecule has 0 unspecified atom stereocenters. The molecule has 0 saturated carbocycles. The first kappa shape index (κ1) is 19.4. The van der Waals surface area contributed by atoms with Crippen LogP contribution in [0.4, 0.5) is 15.0 Å². The Hall–Kier alpha value is -2.89. The van der Waals surface area contributed by atoms with Crippen LogP contribution in [-0.4, -0.2) is 16.7 Å². The zero-order valence-electron chi connectivity index (χ0n) is 15.4. The molecular weight excluding hydrogens is 335 g/mol. The number of carbonyl (C=O) groups excluding carboxylic acids is 1. The maximum absolute atomic E-state index is 14.2. The van der Waals surface area contributed by atoms with Gasteiger partial charge in [0.1, 0.15) is 12.2 Å². The van der Waals surface area contributed by atoms with Crippen LogP contribution in [0.5, 0.6) is 5.75 Å². The lowest BCUT2D eigenvalue weighted by Crippen LogP contribution is -2.28. The van der Waals surface area contributed by atoms with E-state index in [1.807, 2.05) is 30.3 Å². The van der Waals surface area contributed by atoms with E-state index in [4.69, 9.17) is 9.47 Å². The Morgan fingerprint density at radius 2 is 1.96 bits per heavy atom. The molecule has 26 heavy (non-hydrogen) atoms. The Kier molecular flexibility index (Phi) is 5.97. The van der Waals surface area contributed by atoms with E-state index in [9.17, 15) is 9.18 Å². The molecule has 2 rings (SSSR count). The molecule has 0 radical (unpaired) electrons. The Morgan fingerprint density at radius 1 is 1.31 bits per heavy atom. The molecule has 1 aromatic heterocycles. The summed E-state index contributed by atoms with van der Waals surface area (Å²) in [7, 11) is 0. The zero-order valence-corrected chi connectivity index (χ0v) is 15.4. The van der Waals surface area contributed by atoms with Crippen molar-refractivity contribution in [3.8, 4) is 5.75 Å². The highest BCUT2D eigenvalue weighted by Crippen LogP contribution is 2.33. The van der Waals surface area contributed by atoms with Crippen molar-refractivity contribution in [2.75, 3.05) is 5.32 Å². The van der Waals surface area contributed by atoms with Crippen LogP contribution in [0.15, 0.2) is 36.9 Å². The lowest BCUT2D eigenvalue weighted by molar-refractivity contribution is 0.0634. The quantitative estimate of drug-likeness (QED) is 0.756. The molecule has 0 spiro atoms. The molecule has 2 aromatic rings. The van der Waals surface area contributed by atoms with Gasteiger partial charge >= 0.3 is 6.09 Å². The molecular formula is C20H23FN2O3. The Morgan fingerprint density at radius 3 is 2.54 bits per heavy atom. The van der Waals surface area contributed by atoms with Crippen LogP contribution in [0.1, 0.15) is 37.5 Å². The minimum Gasteiger partial charge on any atom is -0.484 e. The maximum atomic E-state index is 14.2. The summed E-state index contributed by atoms with van der Waals surface area (Å²) < 4.78 is 25.2. The minimum atomic E-state index is -0.743. The predicted octanol–water partition coefficient (Wildman–Crippen LogP) is 5.10. The van der Waals surface area contributed by atoms with E-state index in [1.165, 1.54) is 6.08 Å². The fraction of sp³-hybridized carbons (Fsp3) is 0.300. The first-order chi connectivity index (χ1) is 12.2. The second kappa shape index (κ2) is 7.99. The average Bonchev–Trinajstić information content (AvgIpc) is 2.55. The number of amides is 1. The smallest absolute Gasteiger partial charge is 0.413 e. The highest BCUT2D eigenvalue weighted by Gasteiger charge is 2.22. The molecule has 0 aliphatic carbocycles. The number of hydrogen-bond donors (Lipinski definition) is 1. The standard InChI is InChI=1S/C20H23FN2O3/c1-6-15-13(2)17(21)22-18(23-19(24)26-20(3,4)5)16(15)25-12-14-10-8-7-9-11-14/h6-11H,1,12H2,2-5H3,(H,22,23,24). The minimum absolute atomic E-state index is 0.0480. The molecule has 0 aliphatic rings. The Balaban J connectivity index is 2.34. The van der Waals surface area contributed by atoms with Crippen LogP contribution in [0.25, 0.3) is 6.08 Å².